The molecule has 2 heterocycles. The molecule has 2 aliphatic heterocycles. The van der Waals surface area contributed by atoms with E-state index in [1.165, 1.54) is 0 Å². The molecule has 0 aliphatic carbocycles. The molecule has 2 aliphatic rings. The van der Waals surface area contributed by atoms with Crippen molar-refractivity contribution in [2.45, 2.75) is 95.0 Å². The van der Waals surface area contributed by atoms with E-state index in [2.05, 4.69) is 32.9 Å². The molecule has 2 saturated heterocycles. The van der Waals surface area contributed by atoms with Crippen LogP contribution in [0.1, 0.15) is 61.3 Å². The lowest BCUT2D eigenvalue weighted by Crippen LogP contribution is -2.50. The van der Waals surface area contributed by atoms with Crippen molar-refractivity contribution in [2.75, 3.05) is 0 Å². The van der Waals surface area contributed by atoms with E-state index in [4.69, 9.17) is 18.3 Å². The highest BCUT2D eigenvalue weighted by molar-refractivity contribution is 7.99. The molecule has 5 unspecified atom stereocenters. The molecule has 3 rings (SSSR count). The van der Waals surface area contributed by atoms with Gasteiger partial charge in [0.1, 0.15) is 11.5 Å². The SMILES string of the molecule is CCC1OC(Sc2ccccc2)C(OP2(=O)OC(C)(C)CC(C)(C)O2)C(C)C1C. The van der Waals surface area contributed by atoms with Crippen molar-refractivity contribution >= 4 is 19.6 Å². The van der Waals surface area contributed by atoms with Crippen molar-refractivity contribution in [1.82, 2.24) is 0 Å². The molecule has 0 radical (unpaired) electrons. The highest BCUT2D eigenvalue weighted by Crippen LogP contribution is 2.63. The van der Waals surface area contributed by atoms with E-state index in [-0.39, 0.29) is 23.4 Å². The summed E-state index contributed by atoms with van der Waals surface area (Å²) >= 11 is 1.61. The third-order valence-corrected chi connectivity index (χ3v) is 8.82. The lowest BCUT2D eigenvalue weighted by molar-refractivity contribution is -0.151. The van der Waals surface area contributed by atoms with Crippen LogP contribution in [0.2, 0.25) is 0 Å². The first kappa shape index (κ1) is 23.3. The van der Waals surface area contributed by atoms with Gasteiger partial charge in [-0.1, -0.05) is 50.7 Å². The van der Waals surface area contributed by atoms with Gasteiger partial charge in [-0.3, -0.25) is 13.6 Å². The molecule has 1 aromatic carbocycles. The Morgan fingerprint density at radius 1 is 1.07 bits per heavy atom. The highest BCUT2D eigenvalue weighted by atomic mass is 32.2. The minimum Gasteiger partial charge on any atom is -0.361 e. The first-order valence-corrected chi connectivity index (χ1v) is 12.8. The van der Waals surface area contributed by atoms with Crippen LogP contribution in [-0.4, -0.2) is 28.8 Å². The fraction of sp³-hybridized carbons (Fsp3) is 0.727. The second-order valence-corrected chi connectivity index (χ2v) is 12.1. The first-order valence-electron chi connectivity index (χ1n) is 10.5. The average Bonchev–Trinajstić information content (AvgIpc) is 2.59. The fourth-order valence-electron chi connectivity index (χ4n) is 4.51. The van der Waals surface area contributed by atoms with E-state index in [9.17, 15) is 4.57 Å². The molecule has 1 aromatic rings. The van der Waals surface area contributed by atoms with Crippen molar-refractivity contribution in [1.29, 1.82) is 0 Å². The van der Waals surface area contributed by atoms with Gasteiger partial charge in [-0.15, -0.1) is 0 Å². The number of thioether (sulfide) groups is 1. The summed E-state index contributed by atoms with van der Waals surface area (Å²) in [5.74, 6) is 0.413. The largest absolute Gasteiger partial charge is 0.476 e. The van der Waals surface area contributed by atoms with Crippen LogP contribution in [0.3, 0.4) is 0 Å². The van der Waals surface area contributed by atoms with Gasteiger partial charge in [-0.25, -0.2) is 4.57 Å². The molecular weight excluding hydrogens is 407 g/mol. The Morgan fingerprint density at radius 3 is 2.21 bits per heavy atom. The Bertz CT molecular complexity index is 718. The zero-order valence-electron chi connectivity index (χ0n) is 18.6. The van der Waals surface area contributed by atoms with Gasteiger partial charge >= 0.3 is 7.82 Å². The molecular formula is C22H35O5PS. The van der Waals surface area contributed by atoms with Crippen molar-refractivity contribution in [3.63, 3.8) is 0 Å². The standard InChI is InChI=1S/C22H35O5PS/c1-8-18-15(2)16(3)19(20(24-18)29-17-12-10-9-11-13-17)25-28(23)26-21(4,5)14-22(6,7)27-28/h9-13,15-16,18-20H,8,14H2,1-7H3. The molecule has 0 N–H and O–H groups in total. The maximum Gasteiger partial charge on any atom is 0.476 e. The molecule has 5 nitrogen and oxygen atoms in total. The van der Waals surface area contributed by atoms with Gasteiger partial charge in [0.2, 0.25) is 0 Å². The predicted octanol–water partition coefficient (Wildman–Crippen LogP) is 6.67. The Balaban J connectivity index is 1.87. The molecule has 0 amide bonds. The molecule has 7 heteroatoms. The molecule has 164 valence electrons. The summed E-state index contributed by atoms with van der Waals surface area (Å²) in [6.45, 7) is 14.2. The van der Waals surface area contributed by atoms with Gasteiger partial charge in [0.05, 0.1) is 17.3 Å². The van der Waals surface area contributed by atoms with E-state index >= 15 is 0 Å². The summed E-state index contributed by atoms with van der Waals surface area (Å²) in [5.41, 5.74) is -1.47. The summed E-state index contributed by atoms with van der Waals surface area (Å²) in [6.07, 6.45) is 1.29. The van der Waals surface area contributed by atoms with E-state index in [1.807, 2.05) is 45.9 Å². The fourth-order valence-corrected chi connectivity index (χ4v) is 7.87. The Morgan fingerprint density at radius 2 is 1.66 bits per heavy atom. The number of ether oxygens (including phenoxy) is 1. The zero-order chi connectivity index (χ0) is 21.4. The molecule has 0 aromatic heterocycles. The zero-order valence-corrected chi connectivity index (χ0v) is 20.3. The monoisotopic (exact) mass is 442 g/mol. The Kier molecular flexibility index (Phi) is 6.95. The van der Waals surface area contributed by atoms with Crippen LogP contribution < -0.4 is 0 Å². The van der Waals surface area contributed by atoms with Crippen LogP contribution in [-0.2, 0) is 22.9 Å². The summed E-state index contributed by atoms with van der Waals surface area (Å²) in [7, 11) is -3.75. The van der Waals surface area contributed by atoms with Gasteiger partial charge in [-0.05, 0) is 58.1 Å². The maximum atomic E-state index is 13.6. The van der Waals surface area contributed by atoms with Crippen LogP contribution in [0, 0.1) is 11.8 Å². The molecule has 2 fully saturated rings. The summed E-state index contributed by atoms with van der Waals surface area (Å²) < 4.78 is 38.0. The number of benzene rings is 1. The third-order valence-electron chi connectivity index (χ3n) is 5.73. The van der Waals surface area contributed by atoms with E-state index in [1.54, 1.807) is 11.8 Å². The third kappa shape index (κ3) is 5.66. The van der Waals surface area contributed by atoms with Crippen LogP contribution in [0.5, 0.6) is 0 Å². The van der Waals surface area contributed by atoms with Crippen molar-refractivity contribution in [3.8, 4) is 0 Å². The van der Waals surface area contributed by atoms with Crippen LogP contribution in [0.15, 0.2) is 35.2 Å². The van der Waals surface area contributed by atoms with Gasteiger partial charge in [0.25, 0.3) is 0 Å². The summed E-state index contributed by atoms with van der Waals surface area (Å²) in [5, 5.41) is 0. The van der Waals surface area contributed by atoms with Crippen molar-refractivity contribution < 1.29 is 22.9 Å². The minimum atomic E-state index is -3.75. The number of phosphoric ester groups is 1. The quantitative estimate of drug-likeness (QED) is 0.475. The van der Waals surface area contributed by atoms with Crippen LogP contribution >= 0.6 is 19.6 Å². The van der Waals surface area contributed by atoms with Crippen LogP contribution in [0.25, 0.3) is 0 Å². The van der Waals surface area contributed by atoms with E-state index in [0.717, 1.165) is 11.3 Å². The van der Waals surface area contributed by atoms with E-state index in [0.29, 0.717) is 6.42 Å². The number of rotatable bonds is 5. The molecule has 0 spiro atoms. The lowest BCUT2D eigenvalue weighted by atomic mass is 9.83. The van der Waals surface area contributed by atoms with Gasteiger partial charge < -0.3 is 4.74 Å². The van der Waals surface area contributed by atoms with E-state index < -0.39 is 25.1 Å². The van der Waals surface area contributed by atoms with Crippen molar-refractivity contribution in [2.24, 2.45) is 11.8 Å². The molecule has 0 saturated carbocycles. The van der Waals surface area contributed by atoms with Crippen LogP contribution in [0.4, 0.5) is 0 Å². The second-order valence-electron chi connectivity index (χ2n) is 9.50. The number of hydrogen-bond acceptors (Lipinski definition) is 6. The average molecular weight is 443 g/mol. The number of hydrogen-bond donors (Lipinski definition) is 0. The minimum absolute atomic E-state index is 0.132. The highest BCUT2D eigenvalue weighted by Gasteiger charge is 2.52. The Hall–Kier alpha value is -0.360. The van der Waals surface area contributed by atoms with Gasteiger partial charge in [0.15, 0.2) is 0 Å². The summed E-state index contributed by atoms with van der Waals surface area (Å²) in [4.78, 5) is 1.09. The second kappa shape index (κ2) is 8.64. The normalized spacial score (nSPS) is 35.9. The molecule has 29 heavy (non-hydrogen) atoms. The number of phosphoric acid groups is 1. The summed E-state index contributed by atoms with van der Waals surface area (Å²) in [6, 6.07) is 10.1. The smallest absolute Gasteiger partial charge is 0.361 e. The molecule has 5 atom stereocenters. The molecule has 0 bridgehead atoms. The lowest BCUT2D eigenvalue weighted by Gasteiger charge is -2.48. The van der Waals surface area contributed by atoms with Gasteiger partial charge in [-0.2, -0.15) is 0 Å². The van der Waals surface area contributed by atoms with Crippen molar-refractivity contribution in [3.05, 3.63) is 30.3 Å². The topological polar surface area (TPSA) is 54.0 Å². The maximum absolute atomic E-state index is 13.6. The Labute approximate surface area is 179 Å². The first-order chi connectivity index (χ1) is 13.4. The predicted molar refractivity (Wildman–Crippen MR) is 117 cm³/mol. The van der Waals surface area contributed by atoms with Gasteiger partial charge in [0, 0.05) is 11.3 Å².